The molecule has 0 spiro atoms. The van der Waals surface area contributed by atoms with E-state index in [9.17, 15) is 5.11 Å². The van der Waals surface area contributed by atoms with E-state index in [4.69, 9.17) is 5.73 Å². The molecule has 0 aromatic rings. The molecule has 0 saturated carbocycles. The summed E-state index contributed by atoms with van der Waals surface area (Å²) in [7, 11) is 0. The molecular weight excluding hydrogens is 260 g/mol. The molecule has 0 aliphatic rings. The van der Waals surface area contributed by atoms with Gasteiger partial charge in [0.05, 0.1) is 6.61 Å². The van der Waals surface area contributed by atoms with Crippen LogP contribution >= 0.6 is 0 Å². The zero-order valence-electron chi connectivity index (χ0n) is 14.4. The summed E-state index contributed by atoms with van der Waals surface area (Å²) in [6.45, 7) is 4.33. The number of hydrogen-bond donors (Lipinski definition) is 3. The Bertz CT molecular complexity index is 188. The zero-order valence-corrected chi connectivity index (χ0v) is 14.4. The van der Waals surface area contributed by atoms with Gasteiger partial charge in [0.25, 0.3) is 0 Å². The van der Waals surface area contributed by atoms with Gasteiger partial charge in [-0.3, -0.25) is 0 Å². The standard InChI is InChI=1S/C18H40N2O/c1-2-3-4-5-6-7-8-9-10-13-16-20-18(17-21)14-11-12-15-19/h18,20-21H,2-17,19H2,1H3/t18-/m0/s1. The van der Waals surface area contributed by atoms with Crippen molar-refractivity contribution in [3.8, 4) is 0 Å². The fourth-order valence-electron chi connectivity index (χ4n) is 2.71. The second kappa shape index (κ2) is 17.9. The Morgan fingerprint density at radius 3 is 1.90 bits per heavy atom. The summed E-state index contributed by atoms with van der Waals surface area (Å²) in [4.78, 5) is 0. The van der Waals surface area contributed by atoms with Crippen LogP contribution in [0.1, 0.15) is 90.4 Å². The average molecular weight is 301 g/mol. The summed E-state index contributed by atoms with van der Waals surface area (Å²) in [5, 5.41) is 12.8. The van der Waals surface area contributed by atoms with E-state index in [0.29, 0.717) is 0 Å². The lowest BCUT2D eigenvalue weighted by molar-refractivity contribution is 0.232. The molecule has 3 heteroatoms. The van der Waals surface area contributed by atoms with Gasteiger partial charge in [0.2, 0.25) is 0 Å². The predicted octanol–water partition coefficient (Wildman–Crippen LogP) is 3.99. The number of rotatable bonds is 17. The van der Waals surface area contributed by atoms with Crippen LogP contribution in [0.5, 0.6) is 0 Å². The number of nitrogens with two attached hydrogens (primary N) is 1. The Morgan fingerprint density at radius 1 is 0.810 bits per heavy atom. The van der Waals surface area contributed by atoms with E-state index in [2.05, 4.69) is 12.2 Å². The van der Waals surface area contributed by atoms with E-state index in [0.717, 1.165) is 32.4 Å². The van der Waals surface area contributed by atoms with Crippen LogP contribution in [0.4, 0.5) is 0 Å². The Labute approximate surface area is 133 Å². The first-order valence-electron chi connectivity index (χ1n) is 9.39. The molecule has 0 rings (SSSR count). The van der Waals surface area contributed by atoms with Crippen molar-refractivity contribution < 1.29 is 5.11 Å². The molecule has 0 aliphatic carbocycles. The Hall–Kier alpha value is -0.120. The van der Waals surface area contributed by atoms with Crippen molar-refractivity contribution in [2.45, 2.75) is 96.4 Å². The molecule has 4 N–H and O–H groups in total. The smallest absolute Gasteiger partial charge is 0.0584 e. The molecule has 0 unspecified atom stereocenters. The maximum absolute atomic E-state index is 9.29. The maximum Gasteiger partial charge on any atom is 0.0584 e. The van der Waals surface area contributed by atoms with Crippen molar-refractivity contribution in [1.29, 1.82) is 0 Å². The van der Waals surface area contributed by atoms with Crippen molar-refractivity contribution in [2.24, 2.45) is 5.73 Å². The summed E-state index contributed by atoms with van der Waals surface area (Å²) in [5.41, 5.74) is 5.49. The van der Waals surface area contributed by atoms with Crippen LogP contribution < -0.4 is 11.1 Å². The first kappa shape index (κ1) is 20.9. The quantitative estimate of drug-likeness (QED) is 0.356. The van der Waals surface area contributed by atoms with Gasteiger partial charge >= 0.3 is 0 Å². The summed E-state index contributed by atoms with van der Waals surface area (Å²) >= 11 is 0. The van der Waals surface area contributed by atoms with Gasteiger partial charge < -0.3 is 16.2 Å². The van der Waals surface area contributed by atoms with Gasteiger partial charge in [-0.15, -0.1) is 0 Å². The van der Waals surface area contributed by atoms with Gasteiger partial charge in [-0.1, -0.05) is 71.1 Å². The van der Waals surface area contributed by atoms with Gasteiger partial charge in [0.1, 0.15) is 0 Å². The zero-order chi connectivity index (χ0) is 15.6. The van der Waals surface area contributed by atoms with Crippen LogP contribution in [0.15, 0.2) is 0 Å². The summed E-state index contributed by atoms with van der Waals surface area (Å²) < 4.78 is 0. The summed E-state index contributed by atoms with van der Waals surface area (Å²) in [5.74, 6) is 0. The highest BCUT2D eigenvalue weighted by Gasteiger charge is 2.05. The molecule has 0 saturated heterocycles. The number of aliphatic hydroxyl groups excluding tert-OH is 1. The molecule has 3 nitrogen and oxygen atoms in total. The molecule has 0 radical (unpaired) electrons. The third kappa shape index (κ3) is 16.1. The van der Waals surface area contributed by atoms with E-state index >= 15 is 0 Å². The van der Waals surface area contributed by atoms with E-state index < -0.39 is 0 Å². The van der Waals surface area contributed by atoms with E-state index in [1.807, 2.05) is 0 Å². The normalized spacial score (nSPS) is 12.7. The van der Waals surface area contributed by atoms with Crippen molar-refractivity contribution in [2.75, 3.05) is 19.7 Å². The number of unbranched alkanes of at least 4 members (excludes halogenated alkanes) is 10. The Morgan fingerprint density at radius 2 is 1.38 bits per heavy atom. The van der Waals surface area contributed by atoms with E-state index in [1.54, 1.807) is 0 Å². The Kier molecular flexibility index (Phi) is 17.8. The molecule has 0 aliphatic heterocycles. The predicted molar refractivity (Wildman–Crippen MR) is 93.6 cm³/mol. The van der Waals surface area contributed by atoms with Crippen molar-refractivity contribution in [3.05, 3.63) is 0 Å². The van der Waals surface area contributed by atoms with E-state index in [1.165, 1.54) is 64.2 Å². The molecule has 0 aromatic heterocycles. The molecule has 128 valence electrons. The minimum atomic E-state index is 0.252. The monoisotopic (exact) mass is 300 g/mol. The lowest BCUT2D eigenvalue weighted by Crippen LogP contribution is -2.33. The molecular formula is C18H40N2O. The fourth-order valence-corrected chi connectivity index (χ4v) is 2.71. The van der Waals surface area contributed by atoms with Gasteiger partial charge in [0, 0.05) is 6.04 Å². The second-order valence-electron chi connectivity index (χ2n) is 6.30. The lowest BCUT2D eigenvalue weighted by atomic mass is 10.1. The molecule has 0 bridgehead atoms. The topological polar surface area (TPSA) is 58.3 Å². The molecule has 0 fully saturated rings. The van der Waals surface area contributed by atoms with Crippen molar-refractivity contribution >= 4 is 0 Å². The van der Waals surface area contributed by atoms with Crippen LogP contribution in [-0.2, 0) is 0 Å². The third-order valence-corrected chi connectivity index (χ3v) is 4.19. The maximum atomic E-state index is 9.29. The molecule has 1 atom stereocenters. The minimum absolute atomic E-state index is 0.252. The van der Waals surface area contributed by atoms with Gasteiger partial charge in [-0.25, -0.2) is 0 Å². The highest BCUT2D eigenvalue weighted by Crippen LogP contribution is 2.10. The molecule has 0 aromatic carbocycles. The van der Waals surface area contributed by atoms with Gasteiger partial charge in [-0.05, 0) is 32.4 Å². The molecule has 0 heterocycles. The third-order valence-electron chi connectivity index (χ3n) is 4.19. The van der Waals surface area contributed by atoms with Crippen LogP contribution in [0.3, 0.4) is 0 Å². The largest absolute Gasteiger partial charge is 0.395 e. The average Bonchev–Trinajstić information content (AvgIpc) is 2.51. The van der Waals surface area contributed by atoms with Crippen LogP contribution in [0.2, 0.25) is 0 Å². The van der Waals surface area contributed by atoms with Crippen molar-refractivity contribution in [1.82, 2.24) is 5.32 Å². The fraction of sp³-hybridized carbons (Fsp3) is 1.00. The number of nitrogens with one attached hydrogen (secondary N) is 1. The molecule has 0 amide bonds. The number of hydrogen-bond acceptors (Lipinski definition) is 3. The molecule has 21 heavy (non-hydrogen) atoms. The number of aliphatic hydroxyl groups is 1. The second-order valence-corrected chi connectivity index (χ2v) is 6.30. The minimum Gasteiger partial charge on any atom is -0.395 e. The van der Waals surface area contributed by atoms with Crippen LogP contribution in [0.25, 0.3) is 0 Å². The first-order valence-corrected chi connectivity index (χ1v) is 9.39. The highest BCUT2D eigenvalue weighted by atomic mass is 16.3. The highest BCUT2D eigenvalue weighted by molar-refractivity contribution is 4.65. The van der Waals surface area contributed by atoms with Crippen LogP contribution in [-0.4, -0.2) is 30.8 Å². The lowest BCUT2D eigenvalue weighted by Gasteiger charge is -2.15. The first-order chi connectivity index (χ1) is 10.3. The summed E-state index contributed by atoms with van der Waals surface area (Å²) in [6, 6.07) is 0.273. The Balaban J connectivity index is 3.19. The summed E-state index contributed by atoms with van der Waals surface area (Å²) in [6.07, 6.45) is 17.0. The van der Waals surface area contributed by atoms with Gasteiger partial charge in [-0.2, -0.15) is 0 Å². The van der Waals surface area contributed by atoms with Gasteiger partial charge in [0.15, 0.2) is 0 Å². The van der Waals surface area contributed by atoms with E-state index in [-0.39, 0.29) is 12.6 Å². The van der Waals surface area contributed by atoms with Crippen molar-refractivity contribution in [3.63, 3.8) is 0 Å². The SMILES string of the molecule is CCCCCCCCCCCCN[C@H](CO)CCCCN. The van der Waals surface area contributed by atoms with Crippen LogP contribution in [0, 0.1) is 0 Å².